The van der Waals surface area contributed by atoms with Crippen molar-refractivity contribution < 1.29 is 19.1 Å². The molecule has 1 aliphatic rings. The van der Waals surface area contributed by atoms with Crippen molar-refractivity contribution in [3.05, 3.63) is 30.1 Å². The monoisotopic (exact) mass is 292 g/mol. The normalized spacial score (nSPS) is 17.5. The van der Waals surface area contributed by atoms with Gasteiger partial charge in [0, 0.05) is 19.3 Å². The number of nitrogens with zero attached hydrogens (tertiary/aromatic N) is 2. The van der Waals surface area contributed by atoms with E-state index in [2.05, 4.69) is 9.72 Å². The number of hydrogen-bond donors (Lipinski definition) is 0. The Labute approximate surface area is 124 Å². The van der Waals surface area contributed by atoms with Gasteiger partial charge in [-0.05, 0) is 25.0 Å². The summed E-state index contributed by atoms with van der Waals surface area (Å²) in [4.78, 5) is 29.6. The molecule has 1 aliphatic heterocycles. The number of esters is 1. The van der Waals surface area contributed by atoms with Gasteiger partial charge in [0.1, 0.15) is 6.10 Å². The third-order valence-corrected chi connectivity index (χ3v) is 3.41. The summed E-state index contributed by atoms with van der Waals surface area (Å²) in [5, 5.41) is 0. The van der Waals surface area contributed by atoms with Crippen molar-refractivity contribution in [3.8, 4) is 0 Å². The Kier molecular flexibility index (Phi) is 5.68. The molecule has 2 rings (SSSR count). The van der Waals surface area contributed by atoms with Crippen LogP contribution in [0.2, 0.25) is 0 Å². The van der Waals surface area contributed by atoms with Crippen LogP contribution in [0, 0.1) is 0 Å². The maximum absolute atomic E-state index is 12.5. The summed E-state index contributed by atoms with van der Waals surface area (Å²) in [5.74, 6) is -0.414. The van der Waals surface area contributed by atoms with Crippen LogP contribution in [0.1, 0.15) is 25.0 Å². The number of pyridine rings is 1. The molecule has 1 atom stereocenters. The van der Waals surface area contributed by atoms with E-state index in [1.54, 1.807) is 11.1 Å². The fourth-order valence-corrected chi connectivity index (χ4v) is 2.26. The molecule has 1 fully saturated rings. The lowest BCUT2D eigenvalue weighted by atomic mass is 10.2. The molecule has 0 spiro atoms. The van der Waals surface area contributed by atoms with E-state index in [0.29, 0.717) is 19.7 Å². The third kappa shape index (κ3) is 4.53. The van der Waals surface area contributed by atoms with Crippen molar-refractivity contribution in [2.75, 3.05) is 20.3 Å². The fourth-order valence-electron chi connectivity index (χ4n) is 2.26. The van der Waals surface area contributed by atoms with Gasteiger partial charge < -0.3 is 14.4 Å². The van der Waals surface area contributed by atoms with Crippen molar-refractivity contribution in [3.63, 3.8) is 0 Å². The van der Waals surface area contributed by atoms with Crippen LogP contribution in [-0.2, 0) is 25.6 Å². The number of carbonyl (C=O) groups is 2. The smallest absolute Gasteiger partial charge is 0.307 e. The molecule has 6 heteroatoms. The summed E-state index contributed by atoms with van der Waals surface area (Å²) in [5.41, 5.74) is 0.786. The van der Waals surface area contributed by atoms with Gasteiger partial charge in [-0.25, -0.2) is 0 Å². The summed E-state index contributed by atoms with van der Waals surface area (Å²) < 4.78 is 10.1. The quantitative estimate of drug-likeness (QED) is 0.736. The highest BCUT2D eigenvalue weighted by atomic mass is 16.5. The molecule has 0 N–H and O–H groups in total. The lowest BCUT2D eigenvalue weighted by Crippen LogP contribution is -2.40. The van der Waals surface area contributed by atoms with E-state index in [9.17, 15) is 9.59 Å². The van der Waals surface area contributed by atoms with Crippen LogP contribution in [0.25, 0.3) is 0 Å². The summed E-state index contributed by atoms with van der Waals surface area (Å²) >= 11 is 0. The second-order valence-electron chi connectivity index (χ2n) is 4.91. The maximum Gasteiger partial charge on any atom is 0.307 e. The van der Waals surface area contributed by atoms with Crippen molar-refractivity contribution in [2.24, 2.45) is 0 Å². The SMILES string of the molecule is COC(=O)CCN(Cc1ccccn1)C(=O)C1CCCO1. The number of ether oxygens (including phenoxy) is 2. The predicted octanol–water partition coefficient (Wildman–Crippen LogP) is 1.15. The number of hydrogen-bond acceptors (Lipinski definition) is 5. The van der Waals surface area contributed by atoms with Crippen LogP contribution in [0.3, 0.4) is 0 Å². The molecule has 1 unspecified atom stereocenters. The van der Waals surface area contributed by atoms with Crippen molar-refractivity contribution in [2.45, 2.75) is 31.9 Å². The summed E-state index contributed by atoms with van der Waals surface area (Å²) in [6.07, 6.45) is 3.08. The minimum Gasteiger partial charge on any atom is -0.469 e. The lowest BCUT2D eigenvalue weighted by Gasteiger charge is -2.24. The van der Waals surface area contributed by atoms with Crippen LogP contribution in [0.5, 0.6) is 0 Å². The maximum atomic E-state index is 12.5. The standard InChI is InChI=1S/C15H20N2O4/c1-20-14(18)7-9-17(11-12-5-2-3-8-16-12)15(19)13-6-4-10-21-13/h2-3,5,8,13H,4,6-7,9-11H2,1H3. The molecule has 0 radical (unpaired) electrons. The van der Waals surface area contributed by atoms with Gasteiger partial charge in [-0.1, -0.05) is 6.07 Å². The summed E-state index contributed by atoms with van der Waals surface area (Å²) in [7, 11) is 1.34. The van der Waals surface area contributed by atoms with E-state index in [-0.39, 0.29) is 18.3 Å². The highest BCUT2D eigenvalue weighted by Crippen LogP contribution is 2.16. The average molecular weight is 292 g/mol. The van der Waals surface area contributed by atoms with Crippen molar-refractivity contribution in [1.29, 1.82) is 0 Å². The lowest BCUT2D eigenvalue weighted by molar-refractivity contribution is -0.145. The van der Waals surface area contributed by atoms with E-state index in [0.717, 1.165) is 18.5 Å². The van der Waals surface area contributed by atoms with Crippen LogP contribution in [0.4, 0.5) is 0 Å². The van der Waals surface area contributed by atoms with Crippen molar-refractivity contribution in [1.82, 2.24) is 9.88 Å². The van der Waals surface area contributed by atoms with Gasteiger partial charge in [0.05, 0.1) is 25.8 Å². The van der Waals surface area contributed by atoms with Gasteiger partial charge in [-0.3, -0.25) is 14.6 Å². The van der Waals surface area contributed by atoms with E-state index in [1.807, 2.05) is 18.2 Å². The van der Waals surface area contributed by atoms with Crippen LogP contribution < -0.4 is 0 Å². The molecule has 1 saturated heterocycles. The van der Waals surface area contributed by atoms with Crippen LogP contribution in [0.15, 0.2) is 24.4 Å². The minimum absolute atomic E-state index is 0.0814. The minimum atomic E-state index is -0.397. The van der Waals surface area contributed by atoms with E-state index in [4.69, 9.17) is 4.74 Å². The molecule has 114 valence electrons. The highest BCUT2D eigenvalue weighted by Gasteiger charge is 2.28. The number of amides is 1. The second kappa shape index (κ2) is 7.73. The first-order chi connectivity index (χ1) is 10.2. The van der Waals surface area contributed by atoms with Gasteiger partial charge >= 0.3 is 5.97 Å². The molecule has 6 nitrogen and oxygen atoms in total. The molecule has 2 heterocycles. The predicted molar refractivity (Wildman–Crippen MR) is 75.3 cm³/mol. The molecule has 1 amide bonds. The number of methoxy groups -OCH3 is 1. The van der Waals surface area contributed by atoms with Gasteiger partial charge in [-0.2, -0.15) is 0 Å². The zero-order valence-corrected chi connectivity index (χ0v) is 12.2. The largest absolute Gasteiger partial charge is 0.469 e. The zero-order valence-electron chi connectivity index (χ0n) is 12.2. The fraction of sp³-hybridized carbons (Fsp3) is 0.533. The first-order valence-electron chi connectivity index (χ1n) is 7.08. The Morgan fingerprint density at radius 3 is 2.95 bits per heavy atom. The molecule has 0 bridgehead atoms. The molecule has 1 aromatic rings. The van der Waals surface area contributed by atoms with Gasteiger partial charge in [0.25, 0.3) is 5.91 Å². The van der Waals surface area contributed by atoms with E-state index in [1.165, 1.54) is 7.11 Å². The Bertz CT molecular complexity index is 472. The Morgan fingerprint density at radius 2 is 2.33 bits per heavy atom. The second-order valence-corrected chi connectivity index (χ2v) is 4.91. The molecular weight excluding hydrogens is 272 g/mol. The first kappa shape index (κ1) is 15.4. The Balaban J connectivity index is 2.01. The van der Waals surface area contributed by atoms with Crippen molar-refractivity contribution >= 4 is 11.9 Å². The van der Waals surface area contributed by atoms with E-state index >= 15 is 0 Å². The number of carbonyl (C=O) groups excluding carboxylic acids is 2. The van der Waals surface area contributed by atoms with Crippen LogP contribution >= 0.6 is 0 Å². The number of rotatable bonds is 6. The molecule has 0 aliphatic carbocycles. The van der Waals surface area contributed by atoms with Gasteiger partial charge in [-0.15, -0.1) is 0 Å². The van der Waals surface area contributed by atoms with Crippen LogP contribution in [-0.4, -0.2) is 48.1 Å². The molecular formula is C15H20N2O4. The highest BCUT2D eigenvalue weighted by molar-refractivity contribution is 5.81. The molecule has 0 aromatic carbocycles. The molecule has 21 heavy (non-hydrogen) atoms. The Morgan fingerprint density at radius 1 is 1.48 bits per heavy atom. The topological polar surface area (TPSA) is 68.7 Å². The van der Waals surface area contributed by atoms with E-state index < -0.39 is 6.10 Å². The molecule has 1 aromatic heterocycles. The first-order valence-corrected chi connectivity index (χ1v) is 7.08. The van der Waals surface area contributed by atoms with Gasteiger partial charge in [0.2, 0.25) is 0 Å². The van der Waals surface area contributed by atoms with Gasteiger partial charge in [0.15, 0.2) is 0 Å². The average Bonchev–Trinajstić information content (AvgIpc) is 3.05. The Hall–Kier alpha value is -1.95. The summed E-state index contributed by atoms with van der Waals surface area (Å²) in [6.45, 7) is 1.29. The molecule has 0 saturated carbocycles. The zero-order chi connectivity index (χ0) is 15.1. The number of aromatic nitrogens is 1. The third-order valence-electron chi connectivity index (χ3n) is 3.41. The summed E-state index contributed by atoms with van der Waals surface area (Å²) in [6, 6.07) is 5.55.